The number of thioether (sulfide) groups is 1. The van der Waals surface area contributed by atoms with E-state index in [0.717, 1.165) is 0 Å². The molecule has 2 heterocycles. The number of hydrogen-bond donors (Lipinski definition) is 1. The third kappa shape index (κ3) is 1.74. The summed E-state index contributed by atoms with van der Waals surface area (Å²) in [6, 6.07) is 0. The summed E-state index contributed by atoms with van der Waals surface area (Å²) in [4.78, 5) is 24.2. The molecule has 6 heteroatoms. The van der Waals surface area contributed by atoms with Crippen molar-refractivity contribution in [3.63, 3.8) is 0 Å². The van der Waals surface area contributed by atoms with Gasteiger partial charge in [0.2, 0.25) is 5.91 Å². The highest BCUT2D eigenvalue weighted by Crippen LogP contribution is 2.40. The summed E-state index contributed by atoms with van der Waals surface area (Å²) in [5.74, 6) is -1.08. The topological polar surface area (TPSA) is 66.8 Å². The van der Waals surface area contributed by atoms with Crippen molar-refractivity contribution in [3.05, 3.63) is 22.9 Å². The number of carbonyl (C=O) groups excluding carboxylic acids is 1. The Bertz CT molecular complexity index is 402. The summed E-state index contributed by atoms with van der Waals surface area (Å²) in [6.45, 7) is 0.296. The molecule has 2 rings (SSSR count). The van der Waals surface area contributed by atoms with Crippen LogP contribution in [-0.4, -0.2) is 40.8 Å². The van der Waals surface area contributed by atoms with Crippen LogP contribution in [0.5, 0.6) is 0 Å². The highest BCUT2D eigenvalue weighted by molar-refractivity contribution is 8.04. The van der Waals surface area contributed by atoms with E-state index in [2.05, 4.69) is 0 Å². The maximum atomic E-state index is 11.8. The van der Waals surface area contributed by atoms with E-state index in [1.807, 2.05) is 0 Å². The molecule has 5 nitrogen and oxygen atoms in total. The molecule has 1 unspecified atom stereocenters. The van der Waals surface area contributed by atoms with Gasteiger partial charge in [-0.15, -0.1) is 0 Å². The van der Waals surface area contributed by atoms with Crippen molar-refractivity contribution in [3.8, 4) is 0 Å². The fraction of sp³-hybridized carbons (Fsp3) is 0.400. The molecule has 2 aliphatic rings. The molecule has 0 saturated carbocycles. The van der Waals surface area contributed by atoms with Crippen molar-refractivity contribution < 1.29 is 19.4 Å². The van der Waals surface area contributed by atoms with Gasteiger partial charge in [0, 0.05) is 19.7 Å². The summed E-state index contributed by atoms with van der Waals surface area (Å²) in [6.07, 6.45) is 3.68. The lowest BCUT2D eigenvalue weighted by atomic mass is 10.1. The Hall–Kier alpha value is -1.27. The Labute approximate surface area is 96.7 Å². The minimum atomic E-state index is -0.970. The van der Waals surface area contributed by atoms with Crippen LogP contribution in [0.25, 0.3) is 0 Å². The molecule has 0 spiro atoms. The number of aliphatic carboxylic acids is 1. The predicted octanol–water partition coefficient (Wildman–Crippen LogP) is 0.790. The van der Waals surface area contributed by atoms with Gasteiger partial charge in [-0.1, -0.05) is 17.8 Å². The van der Waals surface area contributed by atoms with Crippen molar-refractivity contribution in [2.45, 2.75) is 11.7 Å². The van der Waals surface area contributed by atoms with Crippen LogP contribution in [-0.2, 0) is 14.3 Å². The number of fused-ring (bicyclic) bond motifs is 1. The Morgan fingerprint density at radius 3 is 3.12 bits per heavy atom. The van der Waals surface area contributed by atoms with Crippen molar-refractivity contribution in [2.24, 2.45) is 0 Å². The molecular weight excluding hydrogens is 230 g/mol. The zero-order valence-corrected chi connectivity index (χ0v) is 9.49. The number of methoxy groups -OCH3 is 1. The van der Waals surface area contributed by atoms with E-state index in [1.54, 1.807) is 12.3 Å². The van der Waals surface area contributed by atoms with Gasteiger partial charge in [0.15, 0.2) is 0 Å². The number of hydrogen-bond acceptors (Lipinski definition) is 4. The van der Waals surface area contributed by atoms with Gasteiger partial charge in [0.25, 0.3) is 0 Å². The Morgan fingerprint density at radius 2 is 2.50 bits per heavy atom. The lowest BCUT2D eigenvalue weighted by Gasteiger charge is -2.17. The Balaban J connectivity index is 2.31. The van der Waals surface area contributed by atoms with E-state index in [1.165, 1.54) is 23.8 Å². The quantitative estimate of drug-likeness (QED) is 0.791. The molecule has 0 aromatic rings. The van der Waals surface area contributed by atoms with E-state index in [4.69, 9.17) is 9.84 Å². The second kappa shape index (κ2) is 4.31. The van der Waals surface area contributed by atoms with Gasteiger partial charge in [-0.05, 0) is 0 Å². The summed E-state index contributed by atoms with van der Waals surface area (Å²) in [5.41, 5.74) is 0.277. The standard InChI is InChI=1S/C10H11NO4S/c1-15-5-7-8(12)11-4-2-3-6(10(13)14)9(11)16-7/h2,4,7H,3,5H2,1H3,(H,13,14). The van der Waals surface area contributed by atoms with Gasteiger partial charge in [0.1, 0.15) is 5.25 Å². The molecule has 1 fully saturated rings. The number of ether oxygens (including phenoxy) is 1. The molecule has 2 aliphatic heterocycles. The number of carboxylic acid groups (broad SMARTS) is 1. The maximum absolute atomic E-state index is 11.8. The molecular formula is C10H11NO4S. The van der Waals surface area contributed by atoms with Gasteiger partial charge >= 0.3 is 5.97 Å². The highest BCUT2D eigenvalue weighted by atomic mass is 32.2. The molecule has 0 bridgehead atoms. The number of allylic oxidation sites excluding steroid dienone is 1. The molecule has 0 aromatic carbocycles. The smallest absolute Gasteiger partial charge is 0.334 e. The van der Waals surface area contributed by atoms with Crippen LogP contribution in [0.4, 0.5) is 0 Å². The number of amides is 1. The van der Waals surface area contributed by atoms with Crippen molar-refractivity contribution >= 4 is 23.6 Å². The first kappa shape index (κ1) is 11.2. The molecule has 1 saturated heterocycles. The molecule has 1 N–H and O–H groups in total. The van der Waals surface area contributed by atoms with Crippen LogP contribution in [0.2, 0.25) is 0 Å². The fourth-order valence-electron chi connectivity index (χ4n) is 1.65. The van der Waals surface area contributed by atoms with E-state index in [0.29, 0.717) is 18.1 Å². The first-order valence-electron chi connectivity index (χ1n) is 4.77. The van der Waals surface area contributed by atoms with Crippen molar-refractivity contribution in [1.82, 2.24) is 4.90 Å². The molecule has 1 amide bonds. The normalized spacial score (nSPS) is 23.9. The van der Waals surface area contributed by atoms with Crippen molar-refractivity contribution in [1.29, 1.82) is 0 Å². The van der Waals surface area contributed by atoms with Gasteiger partial charge in [0.05, 0.1) is 17.2 Å². The molecule has 86 valence electrons. The third-order valence-corrected chi connectivity index (χ3v) is 3.68. The Morgan fingerprint density at radius 1 is 1.75 bits per heavy atom. The summed E-state index contributed by atoms with van der Waals surface area (Å²) < 4.78 is 4.94. The summed E-state index contributed by atoms with van der Waals surface area (Å²) in [7, 11) is 1.52. The summed E-state index contributed by atoms with van der Waals surface area (Å²) in [5, 5.41) is 9.21. The van der Waals surface area contributed by atoms with E-state index >= 15 is 0 Å². The fourth-order valence-corrected chi connectivity index (χ4v) is 2.92. The molecule has 1 atom stereocenters. The molecule has 0 radical (unpaired) electrons. The largest absolute Gasteiger partial charge is 0.478 e. The third-order valence-electron chi connectivity index (χ3n) is 2.40. The van der Waals surface area contributed by atoms with Crippen molar-refractivity contribution in [2.75, 3.05) is 13.7 Å². The zero-order valence-electron chi connectivity index (χ0n) is 8.67. The first-order chi connectivity index (χ1) is 7.65. The Kier molecular flexibility index (Phi) is 3.02. The van der Waals surface area contributed by atoms with E-state index in [9.17, 15) is 9.59 Å². The van der Waals surface area contributed by atoms with Gasteiger partial charge in [-0.25, -0.2) is 4.79 Å². The van der Waals surface area contributed by atoms with Crippen LogP contribution < -0.4 is 0 Å². The van der Waals surface area contributed by atoms with E-state index < -0.39 is 5.97 Å². The van der Waals surface area contributed by atoms with Crippen LogP contribution in [0.1, 0.15) is 6.42 Å². The second-order valence-electron chi connectivity index (χ2n) is 3.45. The zero-order chi connectivity index (χ0) is 11.7. The minimum Gasteiger partial charge on any atom is -0.478 e. The van der Waals surface area contributed by atoms with E-state index in [-0.39, 0.29) is 16.7 Å². The van der Waals surface area contributed by atoms with Crippen LogP contribution >= 0.6 is 11.8 Å². The molecule has 0 aromatic heterocycles. The lowest BCUT2D eigenvalue weighted by Crippen LogP contribution is -2.28. The maximum Gasteiger partial charge on any atom is 0.334 e. The minimum absolute atomic E-state index is 0.114. The molecule has 0 aliphatic carbocycles. The van der Waals surface area contributed by atoms with Gasteiger partial charge < -0.3 is 9.84 Å². The van der Waals surface area contributed by atoms with Crippen LogP contribution in [0, 0.1) is 0 Å². The SMILES string of the molecule is COCC1SC2=C(C(=O)O)CC=CN2C1=O. The predicted molar refractivity (Wildman–Crippen MR) is 58.5 cm³/mol. The number of nitrogens with zero attached hydrogens (tertiary/aromatic N) is 1. The first-order valence-corrected chi connectivity index (χ1v) is 5.65. The lowest BCUT2D eigenvalue weighted by molar-refractivity contribution is -0.132. The van der Waals surface area contributed by atoms with Gasteiger partial charge in [-0.2, -0.15) is 0 Å². The molecule has 16 heavy (non-hydrogen) atoms. The summed E-state index contributed by atoms with van der Waals surface area (Å²) >= 11 is 1.26. The monoisotopic (exact) mass is 241 g/mol. The van der Waals surface area contributed by atoms with Gasteiger partial charge in [-0.3, -0.25) is 9.69 Å². The second-order valence-corrected chi connectivity index (χ2v) is 4.64. The number of rotatable bonds is 3. The number of carboxylic acids is 1. The highest BCUT2D eigenvalue weighted by Gasteiger charge is 2.39. The average molecular weight is 241 g/mol. The number of carbonyl (C=O) groups is 2. The van der Waals surface area contributed by atoms with Crippen LogP contribution in [0.3, 0.4) is 0 Å². The average Bonchev–Trinajstić information content (AvgIpc) is 2.57. The van der Waals surface area contributed by atoms with Crippen LogP contribution in [0.15, 0.2) is 22.9 Å².